The first kappa shape index (κ1) is 15.2. The Labute approximate surface area is 115 Å². The van der Waals surface area contributed by atoms with E-state index in [1.165, 1.54) is 18.3 Å². The third-order valence-corrected chi connectivity index (χ3v) is 2.22. The molecule has 0 aromatic carbocycles. The highest BCUT2D eigenvalue weighted by molar-refractivity contribution is 6.29. The van der Waals surface area contributed by atoms with Crippen molar-refractivity contribution in [2.24, 2.45) is 0 Å². The normalized spacial score (nSPS) is 12.6. The minimum Gasteiger partial charge on any atom is -0.479 e. The third-order valence-electron chi connectivity index (χ3n) is 1.99. The molecule has 0 saturated heterocycles. The molecule has 1 aromatic heterocycles. The number of amides is 1. The molecule has 1 rings (SSSR count). The van der Waals surface area contributed by atoms with Crippen LogP contribution >= 0.6 is 11.6 Å². The van der Waals surface area contributed by atoms with E-state index in [0.29, 0.717) is 5.56 Å². The lowest BCUT2D eigenvalue weighted by molar-refractivity contribution is -0.139. The van der Waals surface area contributed by atoms with Gasteiger partial charge in [0, 0.05) is 11.8 Å². The predicted molar refractivity (Wildman–Crippen MR) is 69.0 cm³/mol. The number of rotatable bonds is 3. The number of aliphatic carboxylic acids is 1. The number of carboxylic acids is 1. The second-order valence-corrected chi connectivity index (χ2v) is 5.22. The van der Waals surface area contributed by atoms with Crippen LogP contribution in [0.25, 0.3) is 0 Å². The molecule has 1 amide bonds. The molecule has 0 fully saturated rings. The Bertz CT molecular complexity index is 468. The summed E-state index contributed by atoms with van der Waals surface area (Å²) < 4.78 is 5.00. The molecule has 0 aliphatic carbocycles. The number of halogens is 1. The molecule has 2 N–H and O–H groups in total. The van der Waals surface area contributed by atoms with Crippen LogP contribution in [0.4, 0.5) is 4.79 Å². The summed E-state index contributed by atoms with van der Waals surface area (Å²) in [5.74, 6) is -1.21. The summed E-state index contributed by atoms with van der Waals surface area (Å²) in [6.07, 6.45) is 0.480. The fourth-order valence-corrected chi connectivity index (χ4v) is 1.38. The predicted octanol–water partition coefficient (Wildman–Crippen LogP) is 2.39. The van der Waals surface area contributed by atoms with Gasteiger partial charge in [0.05, 0.1) is 0 Å². The van der Waals surface area contributed by atoms with E-state index in [9.17, 15) is 9.59 Å². The van der Waals surface area contributed by atoms with Crippen molar-refractivity contribution < 1.29 is 19.4 Å². The number of carboxylic acid groups (broad SMARTS) is 1. The van der Waals surface area contributed by atoms with Crippen molar-refractivity contribution in [3.63, 3.8) is 0 Å². The monoisotopic (exact) mass is 286 g/mol. The lowest BCUT2D eigenvalue weighted by Gasteiger charge is -2.22. The van der Waals surface area contributed by atoms with Gasteiger partial charge in [-0.15, -0.1) is 0 Å². The number of aromatic nitrogens is 1. The second-order valence-electron chi connectivity index (χ2n) is 4.83. The van der Waals surface area contributed by atoms with Crippen molar-refractivity contribution >= 4 is 23.7 Å². The lowest BCUT2D eigenvalue weighted by atomic mass is 10.1. The zero-order valence-corrected chi connectivity index (χ0v) is 11.6. The van der Waals surface area contributed by atoms with Gasteiger partial charge in [-0.3, -0.25) is 0 Å². The van der Waals surface area contributed by atoms with E-state index in [-0.39, 0.29) is 5.15 Å². The summed E-state index contributed by atoms with van der Waals surface area (Å²) in [5.41, 5.74) is -0.395. The fourth-order valence-electron chi connectivity index (χ4n) is 1.27. The molecule has 0 radical (unpaired) electrons. The van der Waals surface area contributed by atoms with Crippen LogP contribution in [0.2, 0.25) is 5.15 Å². The van der Waals surface area contributed by atoms with E-state index in [1.807, 2.05) is 0 Å². The summed E-state index contributed by atoms with van der Waals surface area (Å²) in [4.78, 5) is 26.5. The summed E-state index contributed by atoms with van der Waals surface area (Å²) in [6, 6.07) is 1.69. The molecule has 0 aliphatic rings. The van der Waals surface area contributed by atoms with E-state index < -0.39 is 23.7 Å². The van der Waals surface area contributed by atoms with Gasteiger partial charge in [0.1, 0.15) is 10.8 Å². The number of pyridine rings is 1. The standard InChI is InChI=1S/C12H15ClN2O4/c1-12(2,3)19-11(18)15-9(10(16)17)7-4-5-8(13)14-6-7/h4-6,9H,1-3H3,(H,15,18)(H,16,17). The summed E-state index contributed by atoms with van der Waals surface area (Å²) >= 11 is 5.62. The molecule has 1 heterocycles. The Morgan fingerprint density at radius 1 is 1.42 bits per heavy atom. The van der Waals surface area contributed by atoms with Crippen molar-refractivity contribution in [3.05, 3.63) is 29.0 Å². The molecule has 7 heteroatoms. The van der Waals surface area contributed by atoms with Gasteiger partial charge in [-0.1, -0.05) is 17.7 Å². The maximum Gasteiger partial charge on any atom is 0.408 e. The van der Waals surface area contributed by atoms with Gasteiger partial charge >= 0.3 is 12.1 Å². The Kier molecular flexibility index (Phi) is 4.72. The minimum atomic E-state index is -1.24. The quantitative estimate of drug-likeness (QED) is 0.833. The Morgan fingerprint density at radius 3 is 2.47 bits per heavy atom. The van der Waals surface area contributed by atoms with Crippen LogP contribution in [0.15, 0.2) is 18.3 Å². The number of hydrogen-bond donors (Lipinski definition) is 2. The minimum absolute atomic E-state index is 0.241. The number of nitrogens with one attached hydrogen (secondary N) is 1. The van der Waals surface area contributed by atoms with Crippen LogP contribution in [0.5, 0.6) is 0 Å². The van der Waals surface area contributed by atoms with Crippen molar-refractivity contribution in [1.82, 2.24) is 10.3 Å². The molecule has 6 nitrogen and oxygen atoms in total. The zero-order chi connectivity index (χ0) is 14.6. The fraction of sp³-hybridized carbons (Fsp3) is 0.417. The maximum absolute atomic E-state index is 11.6. The second kappa shape index (κ2) is 5.88. The van der Waals surface area contributed by atoms with Gasteiger partial charge < -0.3 is 15.2 Å². The number of ether oxygens (including phenoxy) is 1. The molecule has 0 spiro atoms. The van der Waals surface area contributed by atoms with Crippen LogP contribution in [0.3, 0.4) is 0 Å². The molecule has 1 aromatic rings. The van der Waals surface area contributed by atoms with Gasteiger partial charge in [-0.2, -0.15) is 0 Å². The van der Waals surface area contributed by atoms with Gasteiger partial charge in [-0.25, -0.2) is 14.6 Å². The topological polar surface area (TPSA) is 88.5 Å². The number of hydrogen-bond acceptors (Lipinski definition) is 4. The third kappa shape index (κ3) is 5.13. The van der Waals surface area contributed by atoms with Gasteiger partial charge in [0.25, 0.3) is 0 Å². The molecule has 19 heavy (non-hydrogen) atoms. The van der Waals surface area contributed by atoms with E-state index >= 15 is 0 Å². The molecule has 0 aliphatic heterocycles. The lowest BCUT2D eigenvalue weighted by Crippen LogP contribution is -2.38. The van der Waals surface area contributed by atoms with Gasteiger partial charge in [0.2, 0.25) is 0 Å². The van der Waals surface area contributed by atoms with E-state index in [2.05, 4.69) is 10.3 Å². The summed E-state index contributed by atoms with van der Waals surface area (Å²) in [7, 11) is 0. The summed E-state index contributed by atoms with van der Waals surface area (Å²) in [6.45, 7) is 5.06. The average molecular weight is 287 g/mol. The van der Waals surface area contributed by atoms with Gasteiger partial charge in [0.15, 0.2) is 6.04 Å². The smallest absolute Gasteiger partial charge is 0.408 e. The first-order chi connectivity index (χ1) is 8.69. The Balaban J connectivity index is 2.82. The van der Waals surface area contributed by atoms with Crippen LogP contribution in [-0.2, 0) is 9.53 Å². The van der Waals surface area contributed by atoms with Crippen LogP contribution in [0, 0.1) is 0 Å². The first-order valence-electron chi connectivity index (χ1n) is 5.53. The van der Waals surface area contributed by atoms with Crippen LogP contribution < -0.4 is 5.32 Å². The highest BCUT2D eigenvalue weighted by Gasteiger charge is 2.25. The molecule has 0 saturated carbocycles. The maximum atomic E-state index is 11.6. The number of nitrogens with zero attached hydrogens (tertiary/aromatic N) is 1. The molecular weight excluding hydrogens is 272 g/mol. The highest BCUT2D eigenvalue weighted by Crippen LogP contribution is 2.16. The molecule has 1 atom stereocenters. The average Bonchev–Trinajstić information content (AvgIpc) is 2.24. The zero-order valence-electron chi connectivity index (χ0n) is 10.8. The van der Waals surface area contributed by atoms with E-state index in [4.69, 9.17) is 21.4 Å². The van der Waals surface area contributed by atoms with Crippen LogP contribution in [-0.4, -0.2) is 27.8 Å². The summed E-state index contributed by atoms with van der Waals surface area (Å²) in [5, 5.41) is 11.6. The largest absolute Gasteiger partial charge is 0.479 e. The number of alkyl carbamates (subject to hydrolysis) is 1. The Hall–Kier alpha value is -1.82. The molecule has 104 valence electrons. The van der Waals surface area contributed by atoms with Crippen molar-refractivity contribution in [2.45, 2.75) is 32.4 Å². The van der Waals surface area contributed by atoms with Crippen molar-refractivity contribution in [1.29, 1.82) is 0 Å². The Morgan fingerprint density at radius 2 is 2.05 bits per heavy atom. The highest BCUT2D eigenvalue weighted by atomic mass is 35.5. The van der Waals surface area contributed by atoms with Gasteiger partial charge in [-0.05, 0) is 26.8 Å². The molecular formula is C12H15ClN2O4. The first-order valence-corrected chi connectivity index (χ1v) is 5.90. The van der Waals surface area contributed by atoms with E-state index in [1.54, 1.807) is 20.8 Å². The van der Waals surface area contributed by atoms with Crippen molar-refractivity contribution in [2.75, 3.05) is 0 Å². The number of carbonyl (C=O) groups is 2. The molecule has 0 bridgehead atoms. The van der Waals surface area contributed by atoms with E-state index in [0.717, 1.165) is 0 Å². The molecule has 1 unspecified atom stereocenters. The number of carbonyl (C=O) groups excluding carboxylic acids is 1. The SMILES string of the molecule is CC(C)(C)OC(=O)NC(C(=O)O)c1ccc(Cl)nc1. The van der Waals surface area contributed by atoms with Crippen molar-refractivity contribution in [3.8, 4) is 0 Å². The van der Waals surface area contributed by atoms with Crippen LogP contribution in [0.1, 0.15) is 32.4 Å².